The lowest BCUT2D eigenvalue weighted by atomic mass is 10.1. The number of hydrogen-bond acceptors (Lipinski definition) is 3. The van der Waals surface area contributed by atoms with Crippen LogP contribution in [0.3, 0.4) is 0 Å². The Morgan fingerprint density at radius 3 is 2.32 bits per heavy atom. The minimum absolute atomic E-state index is 0.186. The van der Waals surface area contributed by atoms with Crippen LogP contribution in [0.1, 0.15) is 18.4 Å². The highest BCUT2D eigenvalue weighted by atomic mass is 32.2. The molecular weight excluding hydrogens is 324 g/mol. The van der Waals surface area contributed by atoms with E-state index in [0.29, 0.717) is 25.0 Å². The summed E-state index contributed by atoms with van der Waals surface area (Å²) in [7, 11) is -2.29. The first-order valence-corrected chi connectivity index (χ1v) is 8.14. The van der Waals surface area contributed by atoms with Crippen LogP contribution in [0.25, 0.3) is 0 Å². The summed E-state index contributed by atoms with van der Waals surface area (Å²) < 4.78 is 77.3. The van der Waals surface area contributed by atoms with E-state index in [2.05, 4.69) is 5.32 Å². The van der Waals surface area contributed by atoms with Crippen molar-refractivity contribution in [3.05, 3.63) is 29.6 Å². The Morgan fingerprint density at radius 1 is 1.23 bits per heavy atom. The fourth-order valence-corrected chi connectivity index (χ4v) is 3.91. The van der Waals surface area contributed by atoms with Crippen LogP contribution in [0, 0.1) is 5.82 Å². The lowest BCUT2D eigenvalue weighted by molar-refractivity contribution is -0.140. The molecule has 1 aliphatic heterocycles. The molecule has 0 aliphatic carbocycles. The van der Waals surface area contributed by atoms with Crippen LogP contribution in [0.4, 0.5) is 17.6 Å². The second kappa shape index (κ2) is 6.13. The first-order valence-electron chi connectivity index (χ1n) is 6.70. The van der Waals surface area contributed by atoms with Crippen molar-refractivity contribution in [2.24, 2.45) is 0 Å². The van der Waals surface area contributed by atoms with Gasteiger partial charge in [-0.1, -0.05) is 0 Å². The van der Waals surface area contributed by atoms with Crippen LogP contribution in [-0.2, 0) is 16.2 Å². The van der Waals surface area contributed by atoms with Gasteiger partial charge in [-0.2, -0.15) is 17.5 Å². The Hall–Kier alpha value is -1.19. The van der Waals surface area contributed by atoms with Crippen LogP contribution in [0.2, 0.25) is 0 Å². The molecule has 124 valence electrons. The largest absolute Gasteiger partial charge is 0.419 e. The lowest BCUT2D eigenvalue weighted by Gasteiger charge is -2.31. The molecule has 2 rings (SSSR count). The predicted octanol–water partition coefficient (Wildman–Crippen LogP) is 2.22. The molecule has 4 nitrogen and oxygen atoms in total. The first kappa shape index (κ1) is 17.2. The minimum Gasteiger partial charge on any atom is -0.317 e. The molecular formula is C13H16F4N2O2S. The average Bonchev–Trinajstić information content (AvgIpc) is 2.46. The van der Waals surface area contributed by atoms with Gasteiger partial charge in [-0.05, 0) is 38.1 Å². The Bertz CT molecular complexity index is 638. The maximum absolute atomic E-state index is 13.3. The van der Waals surface area contributed by atoms with Gasteiger partial charge in [-0.15, -0.1) is 0 Å². The van der Waals surface area contributed by atoms with E-state index in [0.717, 1.165) is 10.4 Å². The second-order valence-corrected chi connectivity index (χ2v) is 7.04. The van der Waals surface area contributed by atoms with E-state index in [9.17, 15) is 26.0 Å². The smallest absolute Gasteiger partial charge is 0.317 e. The second-order valence-electron chi connectivity index (χ2n) is 5.11. The molecule has 0 saturated carbocycles. The fourth-order valence-electron chi connectivity index (χ4n) is 2.42. The van der Waals surface area contributed by atoms with Gasteiger partial charge in [-0.25, -0.2) is 12.8 Å². The lowest BCUT2D eigenvalue weighted by Crippen LogP contribution is -2.43. The zero-order chi connectivity index (χ0) is 16.5. The van der Waals surface area contributed by atoms with Crippen molar-refractivity contribution in [1.29, 1.82) is 0 Å². The Morgan fingerprint density at radius 2 is 1.82 bits per heavy atom. The van der Waals surface area contributed by atoms with Crippen molar-refractivity contribution in [1.82, 2.24) is 9.62 Å². The van der Waals surface area contributed by atoms with Crippen LogP contribution in [-0.4, -0.2) is 38.9 Å². The van der Waals surface area contributed by atoms with Gasteiger partial charge in [0.2, 0.25) is 10.0 Å². The number of sulfonamides is 1. The van der Waals surface area contributed by atoms with Gasteiger partial charge in [0.1, 0.15) is 5.82 Å². The van der Waals surface area contributed by atoms with Gasteiger partial charge >= 0.3 is 6.18 Å². The third-order valence-corrected chi connectivity index (χ3v) is 5.64. The van der Waals surface area contributed by atoms with E-state index in [1.807, 2.05) is 0 Å². The molecule has 0 atom stereocenters. The summed E-state index contributed by atoms with van der Waals surface area (Å²) in [4.78, 5) is -0.538. The number of nitrogens with one attached hydrogen (secondary N) is 1. The summed E-state index contributed by atoms with van der Waals surface area (Å²) in [5, 5.41) is 3.03. The number of halogens is 4. The number of nitrogens with zero attached hydrogens (tertiary/aromatic N) is 1. The van der Waals surface area contributed by atoms with Gasteiger partial charge in [0.15, 0.2) is 0 Å². The van der Waals surface area contributed by atoms with Crippen LogP contribution < -0.4 is 5.32 Å². The molecule has 1 N–H and O–H groups in total. The quantitative estimate of drug-likeness (QED) is 0.859. The highest BCUT2D eigenvalue weighted by Crippen LogP contribution is 2.33. The molecule has 0 spiro atoms. The normalized spacial score (nSPS) is 18.6. The standard InChI is InChI=1S/C13H16F4N2O2S/c1-18-9-4-6-19(7-5-9)22(20,21)10-2-3-12(14)11(8-10)13(15,16)17/h2-3,8-9,18H,4-7H2,1H3. The Labute approximate surface area is 126 Å². The van der Waals surface area contributed by atoms with E-state index >= 15 is 0 Å². The fraction of sp³-hybridized carbons (Fsp3) is 0.538. The van der Waals surface area contributed by atoms with Gasteiger partial charge in [0, 0.05) is 19.1 Å². The summed E-state index contributed by atoms with van der Waals surface area (Å²) in [5.41, 5.74) is -1.57. The predicted molar refractivity (Wildman–Crippen MR) is 72.2 cm³/mol. The number of benzene rings is 1. The summed E-state index contributed by atoms with van der Waals surface area (Å²) in [5.74, 6) is -1.49. The number of hydrogen-bond donors (Lipinski definition) is 1. The molecule has 1 fully saturated rings. The molecule has 0 aromatic heterocycles. The van der Waals surface area contributed by atoms with Crippen LogP contribution >= 0.6 is 0 Å². The molecule has 22 heavy (non-hydrogen) atoms. The monoisotopic (exact) mass is 340 g/mol. The summed E-state index contributed by atoms with van der Waals surface area (Å²) >= 11 is 0. The molecule has 1 heterocycles. The molecule has 1 aromatic rings. The van der Waals surface area contributed by atoms with E-state index in [-0.39, 0.29) is 19.1 Å². The Kier molecular flexibility index (Phi) is 4.78. The van der Waals surface area contributed by atoms with Crippen molar-refractivity contribution in [2.75, 3.05) is 20.1 Å². The molecule has 0 unspecified atom stereocenters. The zero-order valence-electron chi connectivity index (χ0n) is 11.8. The molecule has 9 heteroatoms. The highest BCUT2D eigenvalue weighted by Gasteiger charge is 2.36. The van der Waals surface area contributed by atoms with E-state index in [4.69, 9.17) is 0 Å². The maximum atomic E-state index is 13.3. The third-order valence-electron chi connectivity index (χ3n) is 3.74. The third kappa shape index (κ3) is 3.41. The molecule has 1 aliphatic rings. The van der Waals surface area contributed by atoms with Gasteiger partial charge in [0.25, 0.3) is 0 Å². The van der Waals surface area contributed by atoms with E-state index in [1.54, 1.807) is 7.05 Å². The van der Waals surface area contributed by atoms with Crippen molar-refractivity contribution in [2.45, 2.75) is 30.0 Å². The summed E-state index contributed by atoms with van der Waals surface area (Å²) in [6.07, 6.45) is -3.79. The molecule has 1 saturated heterocycles. The number of rotatable bonds is 3. The van der Waals surface area contributed by atoms with E-state index < -0.39 is 32.5 Å². The molecule has 0 bridgehead atoms. The number of alkyl halides is 3. The van der Waals surface area contributed by atoms with Crippen LogP contribution in [0.5, 0.6) is 0 Å². The molecule has 0 amide bonds. The average molecular weight is 340 g/mol. The minimum atomic E-state index is -4.94. The van der Waals surface area contributed by atoms with Crippen molar-refractivity contribution >= 4 is 10.0 Å². The summed E-state index contributed by atoms with van der Waals surface area (Å²) in [6.45, 7) is 0.430. The van der Waals surface area contributed by atoms with Gasteiger partial charge < -0.3 is 5.32 Å². The van der Waals surface area contributed by atoms with Crippen molar-refractivity contribution < 1.29 is 26.0 Å². The summed E-state index contributed by atoms with van der Waals surface area (Å²) in [6, 6.07) is 1.94. The van der Waals surface area contributed by atoms with Gasteiger partial charge in [0.05, 0.1) is 10.5 Å². The van der Waals surface area contributed by atoms with Crippen molar-refractivity contribution in [3.63, 3.8) is 0 Å². The van der Waals surface area contributed by atoms with E-state index in [1.165, 1.54) is 0 Å². The highest BCUT2D eigenvalue weighted by molar-refractivity contribution is 7.89. The van der Waals surface area contributed by atoms with Crippen molar-refractivity contribution in [3.8, 4) is 0 Å². The first-order chi connectivity index (χ1) is 10.2. The van der Waals surface area contributed by atoms with Gasteiger partial charge in [-0.3, -0.25) is 0 Å². The topological polar surface area (TPSA) is 49.4 Å². The number of piperidine rings is 1. The zero-order valence-corrected chi connectivity index (χ0v) is 12.6. The SMILES string of the molecule is CNC1CCN(S(=O)(=O)c2ccc(F)c(C(F)(F)F)c2)CC1. The maximum Gasteiger partial charge on any atom is 0.419 e. The molecule has 0 radical (unpaired) electrons. The Balaban J connectivity index is 2.31. The molecule has 1 aromatic carbocycles. The van der Waals surface area contributed by atoms with Crippen LogP contribution in [0.15, 0.2) is 23.1 Å².